The van der Waals surface area contributed by atoms with Crippen molar-refractivity contribution in [2.45, 2.75) is 18.6 Å². The van der Waals surface area contributed by atoms with Gasteiger partial charge in [0.05, 0.1) is 13.2 Å². The van der Waals surface area contributed by atoms with Gasteiger partial charge in [0, 0.05) is 19.2 Å². The van der Waals surface area contributed by atoms with Gasteiger partial charge in [-0.25, -0.2) is 4.39 Å². The summed E-state index contributed by atoms with van der Waals surface area (Å²) in [5.41, 5.74) is 0.461. The number of carbonyl (C=O) groups is 1. The minimum Gasteiger partial charge on any atom is -0.491 e. The molecular weight excluding hydrogens is 337 g/mol. The predicted molar refractivity (Wildman–Crippen MR) is 94.5 cm³/mol. The summed E-state index contributed by atoms with van der Waals surface area (Å²) >= 11 is 0. The van der Waals surface area contributed by atoms with Gasteiger partial charge in [0.2, 0.25) is 0 Å². The third-order valence-corrected chi connectivity index (χ3v) is 4.45. The number of methoxy groups -OCH3 is 1. The van der Waals surface area contributed by atoms with Crippen molar-refractivity contribution in [2.24, 2.45) is 0 Å². The molecule has 2 aromatic carbocycles. The number of hydrogen-bond donors (Lipinski definition) is 1. The first kappa shape index (κ1) is 18.4. The third kappa shape index (κ3) is 4.39. The van der Waals surface area contributed by atoms with Gasteiger partial charge < -0.3 is 19.5 Å². The van der Waals surface area contributed by atoms with E-state index in [-0.39, 0.29) is 24.9 Å². The van der Waals surface area contributed by atoms with Crippen molar-refractivity contribution in [3.8, 4) is 5.75 Å². The first-order chi connectivity index (χ1) is 12.5. The number of halogens is 1. The highest BCUT2D eigenvalue weighted by Crippen LogP contribution is 2.24. The normalized spacial score (nSPS) is 19.6. The molecule has 1 N–H and O–H groups in total. The van der Waals surface area contributed by atoms with Crippen LogP contribution in [0.5, 0.6) is 5.75 Å². The Hall–Kier alpha value is -2.44. The van der Waals surface area contributed by atoms with Crippen molar-refractivity contribution in [1.82, 2.24) is 4.90 Å². The van der Waals surface area contributed by atoms with Crippen LogP contribution in [0.1, 0.15) is 22.3 Å². The molecule has 26 heavy (non-hydrogen) atoms. The predicted octanol–water partition coefficient (Wildman–Crippen LogP) is 2.63. The number of rotatable bonds is 6. The van der Waals surface area contributed by atoms with Gasteiger partial charge in [0.25, 0.3) is 5.91 Å². The zero-order valence-electron chi connectivity index (χ0n) is 14.7. The standard InChI is InChI=1S/C20H22FNO4/c1-25-12-15-2-4-16(5-3-15)19(23)22-11-10-20(24,13-22)14-26-18-8-6-17(21)7-9-18/h2-9,24H,10-14H2,1H3/t20-/m1/s1. The molecule has 1 heterocycles. The fourth-order valence-corrected chi connectivity index (χ4v) is 2.99. The monoisotopic (exact) mass is 359 g/mol. The van der Waals surface area contributed by atoms with Gasteiger partial charge in [-0.15, -0.1) is 0 Å². The summed E-state index contributed by atoms with van der Waals surface area (Å²) in [5, 5.41) is 10.7. The molecule has 0 unspecified atom stereocenters. The Balaban J connectivity index is 1.57. The van der Waals surface area contributed by atoms with Crippen molar-refractivity contribution >= 4 is 5.91 Å². The average molecular weight is 359 g/mol. The summed E-state index contributed by atoms with van der Waals surface area (Å²) < 4.78 is 23.5. The van der Waals surface area contributed by atoms with Gasteiger partial charge in [-0.2, -0.15) is 0 Å². The Labute approximate surface area is 152 Å². The zero-order valence-corrected chi connectivity index (χ0v) is 14.7. The van der Waals surface area contributed by atoms with Gasteiger partial charge in [-0.3, -0.25) is 4.79 Å². The molecule has 1 amide bonds. The number of likely N-dealkylation sites (tertiary alicyclic amines) is 1. The minimum atomic E-state index is -1.11. The SMILES string of the molecule is COCc1ccc(C(=O)N2CC[C@](O)(COc3ccc(F)cc3)C2)cc1. The summed E-state index contributed by atoms with van der Waals surface area (Å²) in [6.07, 6.45) is 0.432. The molecule has 2 aromatic rings. The highest BCUT2D eigenvalue weighted by molar-refractivity contribution is 5.94. The molecule has 6 heteroatoms. The van der Waals surface area contributed by atoms with Crippen LogP contribution in [-0.4, -0.2) is 48.3 Å². The molecule has 0 radical (unpaired) electrons. The number of β-amino-alcohol motifs (C(OH)–C–C–N with tert-alkyl or cyclic N) is 1. The molecule has 0 aliphatic carbocycles. The molecule has 0 aromatic heterocycles. The third-order valence-electron chi connectivity index (χ3n) is 4.45. The fourth-order valence-electron chi connectivity index (χ4n) is 2.99. The van der Waals surface area contributed by atoms with Crippen LogP contribution in [0.15, 0.2) is 48.5 Å². The first-order valence-electron chi connectivity index (χ1n) is 8.47. The molecule has 5 nitrogen and oxygen atoms in total. The molecular formula is C20H22FNO4. The average Bonchev–Trinajstić information content (AvgIpc) is 3.04. The van der Waals surface area contributed by atoms with Gasteiger partial charge in [-0.1, -0.05) is 12.1 Å². The molecule has 0 spiro atoms. The summed E-state index contributed by atoms with van der Waals surface area (Å²) in [7, 11) is 1.62. The van der Waals surface area contributed by atoms with E-state index in [1.165, 1.54) is 24.3 Å². The largest absolute Gasteiger partial charge is 0.491 e. The van der Waals surface area contributed by atoms with E-state index in [1.54, 1.807) is 24.1 Å². The van der Waals surface area contributed by atoms with Gasteiger partial charge in [0.1, 0.15) is 23.8 Å². The Bertz CT molecular complexity index is 747. The quantitative estimate of drug-likeness (QED) is 0.861. The topological polar surface area (TPSA) is 59.0 Å². The Morgan fingerprint density at radius 1 is 1.19 bits per heavy atom. The molecule has 1 atom stereocenters. The molecule has 1 saturated heterocycles. The second kappa shape index (κ2) is 7.85. The number of carbonyl (C=O) groups excluding carboxylic acids is 1. The lowest BCUT2D eigenvalue weighted by Crippen LogP contribution is -2.40. The van der Waals surface area contributed by atoms with Crippen LogP contribution in [0.4, 0.5) is 4.39 Å². The second-order valence-electron chi connectivity index (χ2n) is 6.57. The Morgan fingerprint density at radius 3 is 2.54 bits per heavy atom. The van der Waals surface area contributed by atoms with E-state index in [4.69, 9.17) is 9.47 Å². The molecule has 1 aliphatic rings. The van der Waals surface area contributed by atoms with Crippen LogP contribution in [0.2, 0.25) is 0 Å². The lowest BCUT2D eigenvalue weighted by Gasteiger charge is -2.23. The van der Waals surface area contributed by atoms with Crippen LogP contribution in [0.3, 0.4) is 0 Å². The van der Waals surface area contributed by atoms with E-state index in [9.17, 15) is 14.3 Å². The van der Waals surface area contributed by atoms with Gasteiger partial charge in [0.15, 0.2) is 0 Å². The first-order valence-corrected chi connectivity index (χ1v) is 8.47. The maximum absolute atomic E-state index is 12.9. The van der Waals surface area contributed by atoms with Crippen LogP contribution in [0.25, 0.3) is 0 Å². The van der Waals surface area contributed by atoms with Crippen molar-refractivity contribution in [3.05, 3.63) is 65.5 Å². The molecule has 138 valence electrons. The van der Waals surface area contributed by atoms with Crippen molar-refractivity contribution in [2.75, 3.05) is 26.8 Å². The molecule has 1 fully saturated rings. The second-order valence-corrected chi connectivity index (χ2v) is 6.57. The van der Waals surface area contributed by atoms with Gasteiger partial charge >= 0.3 is 0 Å². The number of benzene rings is 2. The zero-order chi connectivity index (χ0) is 18.6. The maximum Gasteiger partial charge on any atom is 0.253 e. The minimum absolute atomic E-state index is 0.0508. The molecule has 0 bridgehead atoms. The number of ether oxygens (including phenoxy) is 2. The van der Waals surface area contributed by atoms with E-state index in [2.05, 4.69) is 0 Å². The van der Waals surface area contributed by atoms with Crippen LogP contribution in [0, 0.1) is 5.82 Å². The van der Waals surface area contributed by atoms with Crippen LogP contribution < -0.4 is 4.74 Å². The summed E-state index contributed by atoms with van der Waals surface area (Å²) in [4.78, 5) is 14.2. The lowest BCUT2D eigenvalue weighted by molar-refractivity contribution is 0.00429. The molecule has 0 saturated carbocycles. The maximum atomic E-state index is 12.9. The lowest BCUT2D eigenvalue weighted by atomic mass is 10.1. The number of aliphatic hydroxyl groups is 1. The Kier molecular flexibility index (Phi) is 5.54. The van der Waals surface area contributed by atoms with E-state index in [0.29, 0.717) is 30.9 Å². The number of amides is 1. The van der Waals surface area contributed by atoms with Gasteiger partial charge in [-0.05, 0) is 48.4 Å². The smallest absolute Gasteiger partial charge is 0.253 e. The highest BCUT2D eigenvalue weighted by Gasteiger charge is 2.39. The summed E-state index contributed by atoms with van der Waals surface area (Å²) in [6.45, 7) is 1.21. The number of hydrogen-bond acceptors (Lipinski definition) is 4. The van der Waals surface area contributed by atoms with Crippen molar-refractivity contribution in [1.29, 1.82) is 0 Å². The summed E-state index contributed by atoms with van der Waals surface area (Å²) in [6, 6.07) is 12.9. The van der Waals surface area contributed by atoms with Crippen LogP contribution >= 0.6 is 0 Å². The highest BCUT2D eigenvalue weighted by atomic mass is 19.1. The van der Waals surface area contributed by atoms with Crippen molar-refractivity contribution < 1.29 is 23.8 Å². The van der Waals surface area contributed by atoms with E-state index < -0.39 is 5.60 Å². The summed E-state index contributed by atoms with van der Waals surface area (Å²) in [5.74, 6) is 0.0234. The van der Waals surface area contributed by atoms with E-state index in [0.717, 1.165) is 5.56 Å². The molecule has 3 rings (SSSR count). The van der Waals surface area contributed by atoms with E-state index >= 15 is 0 Å². The fraction of sp³-hybridized carbons (Fsp3) is 0.350. The van der Waals surface area contributed by atoms with Crippen molar-refractivity contribution in [3.63, 3.8) is 0 Å². The van der Waals surface area contributed by atoms with Crippen LogP contribution in [-0.2, 0) is 11.3 Å². The van der Waals surface area contributed by atoms with E-state index in [1.807, 2.05) is 12.1 Å². The molecule has 1 aliphatic heterocycles. The Morgan fingerprint density at radius 2 is 1.88 bits per heavy atom. The number of nitrogens with zero attached hydrogens (tertiary/aromatic N) is 1.